The van der Waals surface area contributed by atoms with Crippen molar-refractivity contribution in [2.45, 2.75) is 97.1 Å². The lowest BCUT2D eigenvalue weighted by Crippen LogP contribution is -2.42. The lowest BCUT2D eigenvalue weighted by atomic mass is 9.85. The summed E-state index contributed by atoms with van der Waals surface area (Å²) < 4.78 is 24.4. The number of amides is 6. The van der Waals surface area contributed by atoms with Crippen LogP contribution in [0.15, 0.2) is 41.8 Å². The SMILES string of the molecule is CCN(C(=O)Cn1c(C(=O)NC2CCC(C(=O)NCCCCCC(=O)NCCOCCOCCOCCOCCC(=O)ON3C(=O)CCC3=O)CC2)cc2sccc21)c1cccc(C)c1. The molecular formula is C46H64N6O12S. The maximum atomic E-state index is 13.6. The molecule has 0 radical (unpaired) electrons. The normalized spacial score (nSPS) is 16.2. The second-order valence-electron chi connectivity index (χ2n) is 16.0. The lowest BCUT2D eigenvalue weighted by molar-refractivity contribution is -0.198. The molecule has 0 bridgehead atoms. The number of carbonyl (C=O) groups excluding carboxylic acids is 7. The number of imide groups is 1. The molecule has 0 atom stereocenters. The molecular weight excluding hydrogens is 861 g/mol. The summed E-state index contributed by atoms with van der Waals surface area (Å²) in [6.45, 7) is 7.92. The van der Waals surface area contributed by atoms with E-state index in [0.29, 0.717) is 109 Å². The minimum Gasteiger partial charge on any atom is -0.378 e. The van der Waals surface area contributed by atoms with Crippen LogP contribution in [0.4, 0.5) is 5.69 Å². The molecule has 3 heterocycles. The number of hydroxylamine groups is 2. The molecule has 3 aromatic rings. The summed E-state index contributed by atoms with van der Waals surface area (Å²) in [6.07, 6.45) is 5.45. The fraction of sp³-hybridized carbons (Fsp3) is 0.587. The molecule has 5 rings (SSSR count). The van der Waals surface area contributed by atoms with Crippen molar-refractivity contribution in [3.8, 4) is 0 Å². The van der Waals surface area contributed by atoms with Gasteiger partial charge in [-0.25, -0.2) is 4.79 Å². The van der Waals surface area contributed by atoms with E-state index in [9.17, 15) is 33.6 Å². The number of aryl methyl sites for hydroxylation is 1. The summed E-state index contributed by atoms with van der Waals surface area (Å²) >= 11 is 1.54. The zero-order valence-corrected chi connectivity index (χ0v) is 38.4. The van der Waals surface area contributed by atoms with Gasteiger partial charge in [0.2, 0.25) is 17.7 Å². The predicted molar refractivity (Wildman–Crippen MR) is 242 cm³/mol. The Bertz CT molecular complexity index is 2030. The summed E-state index contributed by atoms with van der Waals surface area (Å²) in [5, 5.41) is 11.6. The molecule has 3 N–H and O–H groups in total. The van der Waals surface area contributed by atoms with Crippen LogP contribution in [0.2, 0.25) is 0 Å². The van der Waals surface area contributed by atoms with Gasteiger partial charge < -0.3 is 49.2 Å². The first-order chi connectivity index (χ1) is 31.5. The van der Waals surface area contributed by atoms with Gasteiger partial charge in [0.1, 0.15) is 12.2 Å². The Hall–Kier alpha value is -5.21. The lowest BCUT2D eigenvalue weighted by Gasteiger charge is -2.28. The number of nitrogens with one attached hydrogen (secondary N) is 3. The van der Waals surface area contributed by atoms with Crippen LogP contribution >= 0.6 is 11.3 Å². The van der Waals surface area contributed by atoms with E-state index in [1.54, 1.807) is 4.90 Å². The van der Waals surface area contributed by atoms with Gasteiger partial charge in [-0.2, -0.15) is 0 Å². The first-order valence-corrected chi connectivity index (χ1v) is 23.6. The van der Waals surface area contributed by atoms with Crippen LogP contribution in [0.25, 0.3) is 10.2 Å². The van der Waals surface area contributed by atoms with Gasteiger partial charge in [-0.3, -0.25) is 28.8 Å². The Balaban J connectivity index is 0.823. The maximum absolute atomic E-state index is 13.6. The van der Waals surface area contributed by atoms with Crippen molar-refractivity contribution in [2.75, 3.05) is 77.4 Å². The Morgan fingerprint density at radius 2 is 1.45 bits per heavy atom. The number of unbranched alkanes of at least 4 members (excludes halogenated alkanes) is 2. The second-order valence-corrected chi connectivity index (χ2v) is 16.9. The molecule has 356 valence electrons. The topological polar surface area (TPSA) is 213 Å². The van der Waals surface area contributed by atoms with E-state index in [-0.39, 0.29) is 74.6 Å². The first kappa shape index (κ1) is 50.8. The van der Waals surface area contributed by atoms with E-state index in [2.05, 4.69) is 16.0 Å². The molecule has 1 saturated heterocycles. The molecule has 0 unspecified atom stereocenters. The van der Waals surface area contributed by atoms with E-state index < -0.39 is 17.8 Å². The minimum absolute atomic E-state index is 0.0318. The fourth-order valence-electron chi connectivity index (χ4n) is 7.63. The van der Waals surface area contributed by atoms with Gasteiger partial charge in [0, 0.05) is 56.5 Å². The first-order valence-electron chi connectivity index (χ1n) is 22.7. The molecule has 2 aromatic heterocycles. The number of benzene rings is 1. The quantitative estimate of drug-likeness (QED) is 0.0660. The third kappa shape index (κ3) is 16.6. The van der Waals surface area contributed by atoms with Crippen molar-refractivity contribution >= 4 is 68.7 Å². The summed E-state index contributed by atoms with van der Waals surface area (Å²) in [5.74, 6) is -2.18. The number of hydrogen-bond acceptors (Lipinski definition) is 13. The Kier molecular flexibility index (Phi) is 21.3. The number of anilines is 1. The molecule has 6 amide bonds. The Morgan fingerprint density at radius 1 is 0.769 bits per heavy atom. The zero-order valence-electron chi connectivity index (χ0n) is 37.6. The monoisotopic (exact) mass is 924 g/mol. The van der Waals surface area contributed by atoms with Crippen molar-refractivity contribution in [1.29, 1.82) is 0 Å². The van der Waals surface area contributed by atoms with Crippen molar-refractivity contribution in [3.63, 3.8) is 0 Å². The molecule has 1 aromatic carbocycles. The third-order valence-electron chi connectivity index (χ3n) is 11.1. The van der Waals surface area contributed by atoms with Gasteiger partial charge in [0.15, 0.2) is 0 Å². The van der Waals surface area contributed by atoms with Crippen molar-refractivity contribution in [2.24, 2.45) is 5.92 Å². The third-order valence-corrected chi connectivity index (χ3v) is 12.0. The molecule has 18 nitrogen and oxygen atoms in total. The average Bonchev–Trinajstić information content (AvgIpc) is 3.99. The number of nitrogens with zero attached hydrogens (tertiary/aromatic N) is 3. The molecule has 0 spiro atoms. The Labute approximate surface area is 383 Å². The van der Waals surface area contributed by atoms with Gasteiger partial charge in [0.25, 0.3) is 17.7 Å². The summed E-state index contributed by atoms with van der Waals surface area (Å²) in [7, 11) is 0. The zero-order chi connectivity index (χ0) is 46.4. The highest BCUT2D eigenvalue weighted by atomic mass is 32.1. The predicted octanol–water partition coefficient (Wildman–Crippen LogP) is 4.21. The number of ether oxygens (including phenoxy) is 4. The summed E-state index contributed by atoms with van der Waals surface area (Å²) in [5.41, 5.74) is 3.22. The molecule has 2 fully saturated rings. The van der Waals surface area contributed by atoms with Gasteiger partial charge in [-0.1, -0.05) is 18.6 Å². The highest BCUT2D eigenvalue weighted by molar-refractivity contribution is 7.17. The average molecular weight is 925 g/mol. The van der Waals surface area contributed by atoms with Crippen molar-refractivity contribution < 1.29 is 57.3 Å². The number of likely N-dealkylation sites (N-methyl/N-ethyl adjacent to an activating group) is 1. The van der Waals surface area contributed by atoms with Gasteiger partial charge in [-0.05, 0) is 87.6 Å². The molecule has 1 saturated carbocycles. The van der Waals surface area contributed by atoms with Crippen molar-refractivity contribution in [3.05, 3.63) is 53.0 Å². The van der Waals surface area contributed by atoms with E-state index in [0.717, 1.165) is 34.3 Å². The Morgan fingerprint density at radius 3 is 2.12 bits per heavy atom. The smallest absolute Gasteiger partial charge is 0.335 e. The molecule has 2 aliphatic rings. The number of hydrogen-bond donors (Lipinski definition) is 3. The van der Waals surface area contributed by atoms with Crippen LogP contribution in [0, 0.1) is 12.8 Å². The van der Waals surface area contributed by atoms with Crippen LogP contribution in [-0.2, 0) is 59.1 Å². The van der Waals surface area contributed by atoms with Crippen LogP contribution in [-0.4, -0.2) is 130 Å². The second kappa shape index (κ2) is 27.3. The molecule has 19 heteroatoms. The van der Waals surface area contributed by atoms with E-state index in [1.165, 1.54) is 11.3 Å². The number of rotatable bonds is 29. The standard InChI is InChI=1S/C46H64N6O12S/c1-3-50(36-9-7-8-33(2)30-36)43(56)32-51-37-18-29-65-39(37)31-38(51)46(59)49-35-13-11-34(12-14-35)45(58)48-19-6-4-5-10-40(53)47-20-22-61-24-26-63-28-27-62-25-23-60-21-17-44(57)64-52-41(54)15-16-42(52)55/h7-9,18,29-31,34-35H,3-6,10-17,19-28,32H2,1-2H3,(H,47,53)(H,48,58)(H,49,59). The van der Waals surface area contributed by atoms with E-state index in [4.69, 9.17) is 23.8 Å². The van der Waals surface area contributed by atoms with Crippen molar-refractivity contribution in [1.82, 2.24) is 25.6 Å². The van der Waals surface area contributed by atoms with E-state index in [1.807, 2.05) is 60.2 Å². The van der Waals surface area contributed by atoms with Crippen LogP contribution in [0.5, 0.6) is 0 Å². The van der Waals surface area contributed by atoms with Gasteiger partial charge >= 0.3 is 5.97 Å². The minimum atomic E-state index is -0.716. The molecule has 1 aliphatic heterocycles. The summed E-state index contributed by atoms with van der Waals surface area (Å²) in [4.78, 5) is 93.5. The van der Waals surface area contributed by atoms with Gasteiger partial charge in [-0.15, -0.1) is 16.4 Å². The largest absolute Gasteiger partial charge is 0.378 e. The van der Waals surface area contributed by atoms with Crippen LogP contribution in [0.3, 0.4) is 0 Å². The number of aromatic nitrogens is 1. The summed E-state index contributed by atoms with van der Waals surface area (Å²) in [6, 6.07) is 11.6. The molecule has 1 aliphatic carbocycles. The van der Waals surface area contributed by atoms with Crippen LogP contribution in [0.1, 0.15) is 93.6 Å². The van der Waals surface area contributed by atoms with E-state index >= 15 is 0 Å². The number of carbonyl (C=O) groups is 7. The molecule has 65 heavy (non-hydrogen) atoms. The number of thiophene rings is 1. The number of fused-ring (bicyclic) bond motifs is 1. The fourth-order valence-corrected chi connectivity index (χ4v) is 8.45. The van der Waals surface area contributed by atoms with Gasteiger partial charge in [0.05, 0.1) is 69.5 Å². The highest BCUT2D eigenvalue weighted by Crippen LogP contribution is 2.28. The van der Waals surface area contributed by atoms with Crippen LogP contribution < -0.4 is 20.9 Å². The maximum Gasteiger partial charge on any atom is 0.335 e. The highest BCUT2D eigenvalue weighted by Gasteiger charge is 2.33.